The van der Waals surface area contributed by atoms with Gasteiger partial charge in [-0.2, -0.15) is 0 Å². The molecule has 1 saturated heterocycles. The molecule has 0 aromatic heterocycles. The molecule has 80 valence electrons. The summed E-state index contributed by atoms with van der Waals surface area (Å²) < 4.78 is 0. The second kappa shape index (κ2) is 4.95. The molecule has 1 aliphatic heterocycles. The van der Waals surface area contributed by atoms with Gasteiger partial charge in [0.1, 0.15) is 5.84 Å². The third-order valence-electron chi connectivity index (χ3n) is 2.41. The van der Waals surface area contributed by atoms with E-state index in [4.69, 9.17) is 11.1 Å². The molecule has 0 aliphatic carbocycles. The smallest absolute Gasteiger partial charge is 0.219 e. The molecule has 0 atom stereocenters. The Balaban J connectivity index is 2.46. The Hall–Kier alpha value is -1.10. The van der Waals surface area contributed by atoms with Crippen LogP contribution in [0.5, 0.6) is 0 Å². The largest absolute Gasteiger partial charge is 0.387 e. The number of piperazine rings is 1. The van der Waals surface area contributed by atoms with Gasteiger partial charge in [-0.25, -0.2) is 4.99 Å². The average Bonchev–Trinajstić information content (AvgIpc) is 2.18. The van der Waals surface area contributed by atoms with Crippen LogP contribution in [0.15, 0.2) is 4.99 Å². The quantitative estimate of drug-likeness (QED) is 0.457. The van der Waals surface area contributed by atoms with E-state index < -0.39 is 0 Å². The van der Waals surface area contributed by atoms with Crippen molar-refractivity contribution >= 4 is 11.8 Å². The van der Waals surface area contributed by atoms with Gasteiger partial charge in [-0.3, -0.25) is 5.41 Å². The van der Waals surface area contributed by atoms with E-state index in [0.717, 1.165) is 26.2 Å². The highest BCUT2D eigenvalue weighted by Gasteiger charge is 2.15. The minimum absolute atomic E-state index is 0.303. The number of guanidine groups is 1. The summed E-state index contributed by atoms with van der Waals surface area (Å²) in [4.78, 5) is 8.24. The van der Waals surface area contributed by atoms with Crippen LogP contribution >= 0.6 is 0 Å². The summed E-state index contributed by atoms with van der Waals surface area (Å²) in [6.07, 6.45) is 0.704. The van der Waals surface area contributed by atoms with E-state index >= 15 is 0 Å². The summed E-state index contributed by atoms with van der Waals surface area (Å²) in [6, 6.07) is 0. The minimum Gasteiger partial charge on any atom is -0.387 e. The molecule has 0 saturated carbocycles. The summed E-state index contributed by atoms with van der Waals surface area (Å²) in [5.74, 6) is 0.839. The Labute approximate surface area is 85.1 Å². The SMILES string of the molecule is CC/C(N)=N/C(=N)N1CCN(C)CC1. The van der Waals surface area contributed by atoms with Gasteiger partial charge in [-0.05, 0) is 7.05 Å². The van der Waals surface area contributed by atoms with Crippen LogP contribution in [0.25, 0.3) is 0 Å². The molecular formula is C9H19N5. The van der Waals surface area contributed by atoms with E-state index in [1.165, 1.54) is 0 Å². The molecule has 0 radical (unpaired) electrons. The fraction of sp³-hybridized carbons (Fsp3) is 0.778. The lowest BCUT2D eigenvalue weighted by Crippen LogP contribution is -2.46. The zero-order valence-corrected chi connectivity index (χ0v) is 8.95. The molecule has 5 heteroatoms. The normalized spacial score (nSPS) is 19.9. The van der Waals surface area contributed by atoms with Crippen molar-refractivity contribution in [3.8, 4) is 0 Å². The number of nitrogens with one attached hydrogen (secondary N) is 1. The molecule has 0 spiro atoms. The van der Waals surface area contributed by atoms with E-state index in [0.29, 0.717) is 18.2 Å². The molecule has 0 unspecified atom stereocenters. The molecule has 1 rings (SSSR count). The fourth-order valence-corrected chi connectivity index (χ4v) is 1.30. The summed E-state index contributed by atoms with van der Waals surface area (Å²) >= 11 is 0. The first-order valence-electron chi connectivity index (χ1n) is 4.98. The van der Waals surface area contributed by atoms with Gasteiger partial charge in [0, 0.05) is 32.6 Å². The van der Waals surface area contributed by atoms with Crippen LogP contribution < -0.4 is 5.73 Å². The van der Waals surface area contributed by atoms with Gasteiger partial charge >= 0.3 is 0 Å². The molecule has 14 heavy (non-hydrogen) atoms. The summed E-state index contributed by atoms with van der Waals surface area (Å²) in [5.41, 5.74) is 5.58. The Morgan fingerprint density at radius 3 is 2.43 bits per heavy atom. The number of hydrogen-bond donors (Lipinski definition) is 2. The van der Waals surface area contributed by atoms with Crippen molar-refractivity contribution in [2.24, 2.45) is 10.7 Å². The van der Waals surface area contributed by atoms with E-state index in [1.54, 1.807) is 0 Å². The van der Waals surface area contributed by atoms with Crippen molar-refractivity contribution in [2.45, 2.75) is 13.3 Å². The van der Waals surface area contributed by atoms with Crippen LogP contribution in [0.2, 0.25) is 0 Å². The third kappa shape index (κ3) is 2.99. The van der Waals surface area contributed by atoms with Gasteiger partial charge in [0.15, 0.2) is 0 Å². The van der Waals surface area contributed by atoms with Gasteiger partial charge in [0.05, 0.1) is 0 Å². The number of likely N-dealkylation sites (N-methyl/N-ethyl adjacent to an activating group) is 1. The van der Waals surface area contributed by atoms with Gasteiger partial charge in [0.25, 0.3) is 0 Å². The second-order valence-electron chi connectivity index (χ2n) is 3.57. The number of nitrogens with zero attached hydrogens (tertiary/aromatic N) is 3. The average molecular weight is 197 g/mol. The van der Waals surface area contributed by atoms with Crippen LogP contribution in [-0.4, -0.2) is 54.8 Å². The predicted molar refractivity (Wildman–Crippen MR) is 58.7 cm³/mol. The molecule has 0 amide bonds. The van der Waals surface area contributed by atoms with Gasteiger partial charge in [-0.1, -0.05) is 6.92 Å². The Bertz CT molecular complexity index is 227. The third-order valence-corrected chi connectivity index (χ3v) is 2.41. The maximum Gasteiger partial charge on any atom is 0.219 e. The van der Waals surface area contributed by atoms with Crippen molar-refractivity contribution < 1.29 is 0 Å². The van der Waals surface area contributed by atoms with E-state index in [-0.39, 0.29) is 0 Å². The summed E-state index contributed by atoms with van der Waals surface area (Å²) in [5, 5.41) is 7.72. The van der Waals surface area contributed by atoms with Crippen molar-refractivity contribution in [3.05, 3.63) is 0 Å². The maximum absolute atomic E-state index is 7.72. The highest BCUT2D eigenvalue weighted by Crippen LogP contribution is 2.00. The summed E-state index contributed by atoms with van der Waals surface area (Å²) in [7, 11) is 2.09. The van der Waals surface area contributed by atoms with Crippen LogP contribution in [-0.2, 0) is 0 Å². The molecule has 1 heterocycles. The Morgan fingerprint density at radius 1 is 1.36 bits per heavy atom. The van der Waals surface area contributed by atoms with Crippen LogP contribution in [0.1, 0.15) is 13.3 Å². The molecule has 0 aromatic rings. The zero-order chi connectivity index (χ0) is 10.6. The predicted octanol–water partition coefficient (Wildman–Crippen LogP) is -0.0642. The number of nitrogens with two attached hydrogens (primary N) is 1. The molecule has 0 bridgehead atoms. The molecule has 5 nitrogen and oxygen atoms in total. The van der Waals surface area contributed by atoms with Crippen molar-refractivity contribution in [3.63, 3.8) is 0 Å². The van der Waals surface area contributed by atoms with E-state index in [1.807, 2.05) is 11.8 Å². The highest BCUT2D eigenvalue weighted by atomic mass is 15.3. The second-order valence-corrected chi connectivity index (χ2v) is 3.57. The zero-order valence-electron chi connectivity index (χ0n) is 8.95. The lowest BCUT2D eigenvalue weighted by atomic mass is 10.3. The first-order chi connectivity index (χ1) is 6.63. The highest BCUT2D eigenvalue weighted by molar-refractivity contribution is 5.93. The standard InChI is InChI=1S/C9H19N5/c1-3-8(10)12-9(11)14-6-4-13(2)5-7-14/h3-7H2,1-2H3,(H3,10,11,12). The minimum atomic E-state index is 0.303. The van der Waals surface area contributed by atoms with Gasteiger partial charge < -0.3 is 15.5 Å². The first-order valence-corrected chi connectivity index (χ1v) is 4.98. The van der Waals surface area contributed by atoms with Crippen LogP contribution in [0, 0.1) is 5.41 Å². The Kier molecular flexibility index (Phi) is 3.88. The number of hydrogen-bond acceptors (Lipinski definition) is 2. The molecule has 1 fully saturated rings. The number of rotatable bonds is 1. The molecule has 0 aromatic carbocycles. The Morgan fingerprint density at radius 2 is 1.93 bits per heavy atom. The molecular weight excluding hydrogens is 178 g/mol. The molecule has 3 N–H and O–H groups in total. The first kappa shape index (κ1) is 11.0. The lowest BCUT2D eigenvalue weighted by Gasteiger charge is -2.32. The van der Waals surface area contributed by atoms with Crippen molar-refractivity contribution in [1.29, 1.82) is 5.41 Å². The van der Waals surface area contributed by atoms with Gasteiger partial charge in [-0.15, -0.1) is 0 Å². The monoisotopic (exact) mass is 197 g/mol. The van der Waals surface area contributed by atoms with Crippen LogP contribution in [0.3, 0.4) is 0 Å². The van der Waals surface area contributed by atoms with E-state index in [9.17, 15) is 0 Å². The van der Waals surface area contributed by atoms with E-state index in [2.05, 4.69) is 16.9 Å². The number of aliphatic imine (C=N–C) groups is 1. The van der Waals surface area contributed by atoms with Gasteiger partial charge in [0.2, 0.25) is 5.96 Å². The van der Waals surface area contributed by atoms with Crippen molar-refractivity contribution in [2.75, 3.05) is 33.2 Å². The van der Waals surface area contributed by atoms with Crippen LogP contribution in [0.4, 0.5) is 0 Å². The number of amidine groups is 1. The van der Waals surface area contributed by atoms with Crippen molar-refractivity contribution in [1.82, 2.24) is 9.80 Å². The lowest BCUT2D eigenvalue weighted by molar-refractivity contribution is 0.213. The topological polar surface area (TPSA) is 68.7 Å². The molecule has 1 aliphatic rings. The summed E-state index contributed by atoms with van der Waals surface area (Å²) in [6.45, 7) is 5.66. The fourth-order valence-electron chi connectivity index (χ4n) is 1.30. The maximum atomic E-state index is 7.72.